The third-order valence-electron chi connectivity index (χ3n) is 6.28. The number of carbonyl (C=O) groups is 1. The molecule has 0 aliphatic heterocycles. The van der Waals surface area contributed by atoms with Crippen molar-refractivity contribution in [1.82, 2.24) is 19.5 Å². The van der Waals surface area contributed by atoms with Crippen LogP contribution in [-0.2, 0) is 21.0 Å². The van der Waals surface area contributed by atoms with E-state index in [1.165, 1.54) is 13.0 Å². The fraction of sp³-hybridized carbons (Fsp3) is 0.333. The number of halogens is 2. The molecule has 4 heterocycles. The van der Waals surface area contributed by atoms with Gasteiger partial charge in [0.2, 0.25) is 5.91 Å². The first-order valence-electron chi connectivity index (χ1n) is 13.5. The van der Waals surface area contributed by atoms with Gasteiger partial charge in [0.25, 0.3) is 6.43 Å². The Morgan fingerprint density at radius 1 is 1.15 bits per heavy atom. The lowest BCUT2D eigenvalue weighted by molar-refractivity contribution is -0.114. The van der Waals surface area contributed by atoms with Gasteiger partial charge >= 0.3 is 0 Å². The van der Waals surface area contributed by atoms with Gasteiger partial charge in [0.05, 0.1) is 40.9 Å². The molecule has 0 radical (unpaired) electrons. The first kappa shape index (κ1) is 30.0. The van der Waals surface area contributed by atoms with E-state index in [9.17, 15) is 13.6 Å². The zero-order valence-corrected chi connectivity index (χ0v) is 24.9. The number of pyridine rings is 3. The molecule has 0 saturated carbocycles. The van der Waals surface area contributed by atoms with Crippen LogP contribution in [0.25, 0.3) is 39.6 Å². The highest BCUT2D eigenvalue weighted by molar-refractivity contribution is 6.76. The minimum Gasteiger partial charge on any atom is -0.501 e. The maximum Gasteiger partial charge on any atom is 0.280 e. The molecule has 11 heteroatoms. The Balaban J connectivity index is 2.02. The van der Waals surface area contributed by atoms with Gasteiger partial charge < -0.3 is 19.4 Å². The maximum absolute atomic E-state index is 13.7. The molecule has 0 aliphatic carbocycles. The Hall–Kier alpha value is -3.96. The summed E-state index contributed by atoms with van der Waals surface area (Å²) in [6.45, 7) is 11.4. The quantitative estimate of drug-likeness (QED) is 0.107. The summed E-state index contributed by atoms with van der Waals surface area (Å²) < 4.78 is 41.2. The van der Waals surface area contributed by atoms with Crippen LogP contribution in [0.4, 0.5) is 14.6 Å². The van der Waals surface area contributed by atoms with E-state index in [0.717, 1.165) is 17.1 Å². The van der Waals surface area contributed by atoms with Gasteiger partial charge in [-0.2, -0.15) is 0 Å². The molecule has 8 nitrogen and oxygen atoms in total. The number of anilines is 1. The standard InChI is InChI=1S/C30H35F2N5O3Si/c1-6-39-15-12-21-10-14-34-27-26(23-8-7-9-24(36-23)30(31)32)28(22-11-13-33-25(18-22)35-20(2)38)37(29(21)27)19-40-16-17-41(3,4)5/h7-15,18,30H,6,16-17,19H2,1-5H3,(H,33,35,38)/b15-12+. The zero-order chi connectivity index (χ0) is 29.6. The molecule has 4 aromatic heterocycles. The van der Waals surface area contributed by atoms with E-state index in [1.54, 1.807) is 42.9 Å². The van der Waals surface area contributed by atoms with Crippen molar-refractivity contribution < 1.29 is 23.0 Å². The first-order chi connectivity index (χ1) is 19.6. The van der Waals surface area contributed by atoms with Gasteiger partial charge in [-0.05, 0) is 49.4 Å². The number of rotatable bonds is 12. The second kappa shape index (κ2) is 13.1. The molecular weight excluding hydrogens is 544 g/mol. The number of fused-ring (bicyclic) bond motifs is 1. The Morgan fingerprint density at radius 3 is 2.63 bits per heavy atom. The lowest BCUT2D eigenvalue weighted by Gasteiger charge is -2.18. The van der Waals surface area contributed by atoms with Crippen LogP contribution in [0.5, 0.6) is 0 Å². The molecule has 0 fully saturated rings. The summed E-state index contributed by atoms with van der Waals surface area (Å²) in [7, 11) is -1.35. The molecule has 0 spiro atoms. The second-order valence-corrected chi connectivity index (χ2v) is 16.3. The molecule has 0 aliphatic rings. The topological polar surface area (TPSA) is 91.2 Å². The SMILES string of the molecule is CCO/C=C/c1ccnc2c(-c3cccc(C(F)F)n3)c(-c3ccnc(NC(C)=O)c3)n(COCC[Si](C)(C)C)c12. The molecule has 4 aromatic rings. The molecule has 1 amide bonds. The third kappa shape index (κ3) is 7.41. The monoisotopic (exact) mass is 579 g/mol. The van der Waals surface area contributed by atoms with Gasteiger partial charge in [-0.25, -0.2) is 18.7 Å². The summed E-state index contributed by atoms with van der Waals surface area (Å²) in [5.74, 6) is 0.0949. The van der Waals surface area contributed by atoms with Crippen LogP contribution < -0.4 is 5.32 Å². The van der Waals surface area contributed by atoms with Gasteiger partial charge in [-0.15, -0.1) is 0 Å². The highest BCUT2D eigenvalue weighted by atomic mass is 28.3. The Labute approximate surface area is 239 Å². The summed E-state index contributed by atoms with van der Waals surface area (Å²) in [6, 6.07) is 10.9. The van der Waals surface area contributed by atoms with E-state index in [1.807, 2.05) is 23.6 Å². The average Bonchev–Trinajstić information content (AvgIpc) is 3.25. The van der Waals surface area contributed by atoms with Gasteiger partial charge in [-0.1, -0.05) is 25.7 Å². The summed E-state index contributed by atoms with van der Waals surface area (Å²) >= 11 is 0. The first-order valence-corrected chi connectivity index (χ1v) is 17.2. The molecular formula is C30H35F2N5O3Si. The lowest BCUT2D eigenvalue weighted by Crippen LogP contribution is -2.22. The number of ether oxygens (including phenoxy) is 2. The number of carbonyl (C=O) groups excluding carboxylic acids is 1. The van der Waals surface area contributed by atoms with Crippen LogP contribution in [0.2, 0.25) is 25.7 Å². The van der Waals surface area contributed by atoms with Crippen molar-refractivity contribution >= 4 is 36.9 Å². The second-order valence-electron chi connectivity index (χ2n) is 10.7. The predicted molar refractivity (Wildman–Crippen MR) is 160 cm³/mol. The fourth-order valence-corrected chi connectivity index (χ4v) is 5.15. The molecule has 216 valence electrons. The largest absolute Gasteiger partial charge is 0.501 e. The highest BCUT2D eigenvalue weighted by Gasteiger charge is 2.25. The normalized spacial score (nSPS) is 12.0. The summed E-state index contributed by atoms with van der Waals surface area (Å²) in [5.41, 5.74) is 4.06. The Morgan fingerprint density at radius 2 is 1.93 bits per heavy atom. The van der Waals surface area contributed by atoms with Crippen molar-refractivity contribution in [3.8, 4) is 22.5 Å². The van der Waals surface area contributed by atoms with Gasteiger partial charge in [0, 0.05) is 45.1 Å². The molecule has 1 N–H and O–H groups in total. The average molecular weight is 580 g/mol. The highest BCUT2D eigenvalue weighted by Crippen LogP contribution is 2.41. The number of hydrogen-bond donors (Lipinski definition) is 1. The number of nitrogens with zero attached hydrogens (tertiary/aromatic N) is 4. The van der Waals surface area contributed by atoms with E-state index < -0.39 is 14.5 Å². The van der Waals surface area contributed by atoms with Gasteiger partial charge in [0.1, 0.15) is 18.2 Å². The lowest BCUT2D eigenvalue weighted by atomic mass is 10.0. The third-order valence-corrected chi connectivity index (χ3v) is 7.99. The number of hydrogen-bond acceptors (Lipinski definition) is 6. The van der Waals surface area contributed by atoms with Crippen LogP contribution in [-0.4, -0.2) is 46.7 Å². The predicted octanol–water partition coefficient (Wildman–Crippen LogP) is 7.38. The Bertz CT molecular complexity index is 1550. The molecule has 0 saturated heterocycles. The number of amides is 1. The van der Waals surface area contributed by atoms with Crippen LogP contribution in [0.1, 0.15) is 31.5 Å². The maximum atomic E-state index is 13.7. The fourth-order valence-electron chi connectivity index (χ4n) is 4.39. The molecule has 4 rings (SSSR count). The van der Waals surface area contributed by atoms with Crippen molar-refractivity contribution in [2.75, 3.05) is 18.5 Å². The number of aromatic nitrogens is 4. The molecule has 0 aromatic carbocycles. The van der Waals surface area contributed by atoms with E-state index >= 15 is 0 Å². The molecule has 41 heavy (non-hydrogen) atoms. The van der Waals surface area contributed by atoms with Crippen LogP contribution in [0.3, 0.4) is 0 Å². The summed E-state index contributed by atoms with van der Waals surface area (Å²) in [4.78, 5) is 25.1. The van der Waals surface area contributed by atoms with E-state index in [-0.39, 0.29) is 18.3 Å². The number of alkyl halides is 2. The minimum absolute atomic E-state index is 0.184. The smallest absolute Gasteiger partial charge is 0.280 e. The van der Waals surface area contributed by atoms with Crippen molar-refractivity contribution in [3.05, 3.63) is 66.3 Å². The van der Waals surface area contributed by atoms with Crippen molar-refractivity contribution in [2.45, 2.75) is 52.7 Å². The van der Waals surface area contributed by atoms with E-state index in [4.69, 9.17) is 14.5 Å². The minimum atomic E-state index is -2.73. The summed E-state index contributed by atoms with van der Waals surface area (Å²) in [6.07, 6.45) is 3.99. The van der Waals surface area contributed by atoms with Crippen LogP contribution >= 0.6 is 0 Å². The van der Waals surface area contributed by atoms with Gasteiger partial charge in [-0.3, -0.25) is 9.78 Å². The molecule has 0 bridgehead atoms. The summed E-state index contributed by atoms with van der Waals surface area (Å²) in [5, 5.41) is 2.72. The van der Waals surface area contributed by atoms with Crippen molar-refractivity contribution in [1.29, 1.82) is 0 Å². The Kier molecular flexibility index (Phi) is 9.61. The van der Waals surface area contributed by atoms with E-state index in [0.29, 0.717) is 47.1 Å². The van der Waals surface area contributed by atoms with Crippen LogP contribution in [0, 0.1) is 0 Å². The van der Waals surface area contributed by atoms with Crippen molar-refractivity contribution in [2.24, 2.45) is 0 Å². The van der Waals surface area contributed by atoms with Gasteiger partial charge in [0.15, 0.2) is 0 Å². The number of nitrogens with one attached hydrogen (secondary N) is 1. The van der Waals surface area contributed by atoms with Crippen LogP contribution in [0.15, 0.2) is 55.1 Å². The molecule has 0 unspecified atom stereocenters. The van der Waals surface area contributed by atoms with E-state index in [2.05, 4.69) is 34.9 Å². The molecule has 0 atom stereocenters. The van der Waals surface area contributed by atoms with Crippen molar-refractivity contribution in [3.63, 3.8) is 0 Å². The zero-order valence-electron chi connectivity index (χ0n) is 23.9.